The summed E-state index contributed by atoms with van der Waals surface area (Å²) in [4.78, 5) is 8.27. The summed E-state index contributed by atoms with van der Waals surface area (Å²) in [5.74, 6) is 1.36. The summed E-state index contributed by atoms with van der Waals surface area (Å²) < 4.78 is 10.7. The van der Waals surface area contributed by atoms with Gasteiger partial charge in [-0.25, -0.2) is 0 Å². The Hall–Kier alpha value is -2.44. The first kappa shape index (κ1) is 14.5. The quantitative estimate of drug-likeness (QED) is 0.779. The van der Waals surface area contributed by atoms with Crippen LogP contribution in [0.3, 0.4) is 0 Å². The molecule has 0 unspecified atom stereocenters. The molecule has 0 bridgehead atoms. The number of hydrogen-bond donors (Lipinski definition) is 1. The van der Waals surface area contributed by atoms with E-state index in [1.165, 1.54) is 6.20 Å². The van der Waals surface area contributed by atoms with Crippen LogP contribution in [0.25, 0.3) is 11.5 Å². The molecule has 112 valence electrons. The maximum absolute atomic E-state index is 8.92. The van der Waals surface area contributed by atoms with E-state index in [2.05, 4.69) is 15.1 Å². The van der Waals surface area contributed by atoms with Crippen LogP contribution in [0.4, 0.5) is 0 Å². The molecule has 0 atom stereocenters. The van der Waals surface area contributed by atoms with Crippen molar-refractivity contribution in [1.29, 1.82) is 0 Å². The Morgan fingerprint density at radius 3 is 2.86 bits per heavy atom. The van der Waals surface area contributed by atoms with Gasteiger partial charge in [0.15, 0.2) is 6.61 Å². The normalized spacial score (nSPS) is 10.6. The van der Waals surface area contributed by atoms with Crippen LogP contribution < -0.4 is 4.74 Å². The summed E-state index contributed by atoms with van der Waals surface area (Å²) in [5.41, 5.74) is 1.33. The van der Waals surface area contributed by atoms with Crippen molar-refractivity contribution >= 4 is 11.6 Å². The van der Waals surface area contributed by atoms with Crippen molar-refractivity contribution in [3.8, 4) is 17.2 Å². The molecule has 0 amide bonds. The highest BCUT2D eigenvalue weighted by Crippen LogP contribution is 2.21. The van der Waals surface area contributed by atoms with Crippen molar-refractivity contribution < 1.29 is 14.4 Å². The lowest BCUT2D eigenvalue weighted by atomic mass is 10.2. The topological polar surface area (TPSA) is 81.3 Å². The van der Waals surface area contributed by atoms with E-state index >= 15 is 0 Å². The Kier molecular flexibility index (Phi) is 4.32. The molecule has 0 radical (unpaired) electrons. The first-order chi connectivity index (χ1) is 10.7. The molecule has 22 heavy (non-hydrogen) atoms. The van der Waals surface area contributed by atoms with Gasteiger partial charge in [-0.2, -0.15) is 4.98 Å². The largest absolute Gasteiger partial charge is 0.484 e. The van der Waals surface area contributed by atoms with E-state index in [9.17, 15) is 0 Å². The van der Waals surface area contributed by atoms with Crippen LogP contribution in [-0.4, -0.2) is 20.2 Å². The predicted octanol–water partition coefficient (Wildman–Crippen LogP) is 2.86. The summed E-state index contributed by atoms with van der Waals surface area (Å²) >= 11 is 5.93. The molecule has 0 saturated heterocycles. The number of hydrogen-bond acceptors (Lipinski definition) is 6. The lowest BCUT2D eigenvalue weighted by Gasteiger charge is -2.02. The lowest BCUT2D eigenvalue weighted by Crippen LogP contribution is -1.98. The molecule has 0 spiro atoms. The molecule has 0 aliphatic carbocycles. The van der Waals surface area contributed by atoms with Gasteiger partial charge in [-0.3, -0.25) is 4.98 Å². The molecule has 0 saturated carbocycles. The highest BCUT2D eigenvalue weighted by molar-refractivity contribution is 6.30. The average molecular weight is 318 g/mol. The van der Waals surface area contributed by atoms with Crippen LogP contribution in [0.1, 0.15) is 11.5 Å². The molecular formula is C15H12ClN3O3. The summed E-state index contributed by atoms with van der Waals surface area (Å²) in [6, 6.07) is 10.6. The van der Waals surface area contributed by atoms with E-state index in [-0.39, 0.29) is 13.2 Å². The Morgan fingerprint density at radius 2 is 2.14 bits per heavy atom. The molecule has 1 aromatic carbocycles. The van der Waals surface area contributed by atoms with Crippen molar-refractivity contribution in [2.24, 2.45) is 0 Å². The van der Waals surface area contributed by atoms with Gasteiger partial charge in [0, 0.05) is 10.6 Å². The van der Waals surface area contributed by atoms with Gasteiger partial charge in [0.25, 0.3) is 5.89 Å². The van der Waals surface area contributed by atoms with Gasteiger partial charge in [0.2, 0.25) is 5.82 Å². The smallest absolute Gasteiger partial charge is 0.258 e. The maximum atomic E-state index is 8.92. The minimum Gasteiger partial charge on any atom is -0.484 e. The zero-order valence-electron chi connectivity index (χ0n) is 11.4. The molecule has 3 rings (SSSR count). The molecular weight excluding hydrogens is 306 g/mol. The number of ether oxygens (including phenoxy) is 1. The van der Waals surface area contributed by atoms with E-state index in [4.69, 9.17) is 26.0 Å². The SMILES string of the molecule is OCc1ccc(OCc2noc(-c3cccc(Cl)c3)n2)cn1. The summed E-state index contributed by atoms with van der Waals surface area (Å²) in [7, 11) is 0. The number of benzene rings is 1. The number of rotatable bonds is 5. The summed E-state index contributed by atoms with van der Waals surface area (Å²) in [6.07, 6.45) is 1.53. The van der Waals surface area contributed by atoms with E-state index in [1.807, 2.05) is 12.1 Å². The molecule has 6 nitrogen and oxygen atoms in total. The zero-order chi connectivity index (χ0) is 15.4. The van der Waals surface area contributed by atoms with E-state index < -0.39 is 0 Å². The van der Waals surface area contributed by atoms with Gasteiger partial charge in [0.05, 0.1) is 18.5 Å². The van der Waals surface area contributed by atoms with Crippen LogP contribution in [0.5, 0.6) is 5.75 Å². The minimum absolute atomic E-state index is 0.103. The van der Waals surface area contributed by atoms with E-state index in [1.54, 1.807) is 24.3 Å². The van der Waals surface area contributed by atoms with Gasteiger partial charge < -0.3 is 14.4 Å². The second-order valence-corrected chi connectivity index (χ2v) is 4.89. The molecule has 2 heterocycles. The Balaban J connectivity index is 1.66. The van der Waals surface area contributed by atoms with Gasteiger partial charge in [-0.1, -0.05) is 22.8 Å². The van der Waals surface area contributed by atoms with Crippen molar-refractivity contribution in [2.45, 2.75) is 13.2 Å². The van der Waals surface area contributed by atoms with Crippen LogP contribution in [0, 0.1) is 0 Å². The van der Waals surface area contributed by atoms with Crippen LogP contribution in [0.15, 0.2) is 47.1 Å². The molecule has 0 fully saturated rings. The first-order valence-electron chi connectivity index (χ1n) is 6.52. The number of aromatic nitrogens is 3. The molecule has 2 aromatic heterocycles. The number of halogens is 1. The fraction of sp³-hybridized carbons (Fsp3) is 0.133. The van der Waals surface area contributed by atoms with Gasteiger partial charge >= 0.3 is 0 Å². The molecule has 1 N–H and O–H groups in total. The standard InChI is InChI=1S/C15H12ClN3O3/c16-11-3-1-2-10(6-11)15-18-14(19-22-15)9-21-13-5-4-12(8-20)17-7-13/h1-7,20H,8-9H2. The summed E-state index contributed by atoms with van der Waals surface area (Å²) in [6.45, 7) is 0.0539. The van der Waals surface area contributed by atoms with Crippen LogP contribution in [0.2, 0.25) is 5.02 Å². The van der Waals surface area contributed by atoms with Gasteiger partial charge in [-0.05, 0) is 30.3 Å². The van der Waals surface area contributed by atoms with Crippen molar-refractivity contribution in [3.63, 3.8) is 0 Å². The van der Waals surface area contributed by atoms with E-state index in [0.717, 1.165) is 5.56 Å². The number of aliphatic hydroxyl groups excluding tert-OH is 1. The third kappa shape index (κ3) is 3.41. The lowest BCUT2D eigenvalue weighted by molar-refractivity contribution is 0.273. The third-order valence-corrected chi connectivity index (χ3v) is 3.10. The van der Waals surface area contributed by atoms with Crippen LogP contribution in [-0.2, 0) is 13.2 Å². The average Bonchev–Trinajstić information content (AvgIpc) is 3.02. The minimum atomic E-state index is -0.103. The number of pyridine rings is 1. The monoisotopic (exact) mass is 317 g/mol. The molecule has 0 aliphatic rings. The second kappa shape index (κ2) is 6.55. The highest BCUT2D eigenvalue weighted by atomic mass is 35.5. The third-order valence-electron chi connectivity index (χ3n) is 2.87. The fourth-order valence-corrected chi connectivity index (χ4v) is 1.98. The van der Waals surface area contributed by atoms with Gasteiger partial charge in [0.1, 0.15) is 5.75 Å². The van der Waals surface area contributed by atoms with Crippen LogP contribution >= 0.6 is 11.6 Å². The Bertz CT molecular complexity index is 759. The first-order valence-corrected chi connectivity index (χ1v) is 6.89. The highest BCUT2D eigenvalue weighted by Gasteiger charge is 2.09. The molecule has 0 aliphatic heterocycles. The van der Waals surface area contributed by atoms with Crippen molar-refractivity contribution in [2.75, 3.05) is 0 Å². The molecule has 7 heteroatoms. The number of nitrogens with zero attached hydrogens (tertiary/aromatic N) is 3. The summed E-state index contributed by atoms with van der Waals surface area (Å²) in [5, 5.41) is 13.4. The van der Waals surface area contributed by atoms with Gasteiger partial charge in [-0.15, -0.1) is 0 Å². The van der Waals surface area contributed by atoms with Crippen molar-refractivity contribution in [1.82, 2.24) is 15.1 Å². The molecule has 3 aromatic rings. The zero-order valence-corrected chi connectivity index (χ0v) is 12.2. The number of aliphatic hydroxyl groups is 1. The Labute approximate surface area is 131 Å². The van der Waals surface area contributed by atoms with Crippen molar-refractivity contribution in [3.05, 3.63) is 59.1 Å². The van der Waals surface area contributed by atoms with E-state index in [0.29, 0.717) is 28.2 Å². The second-order valence-electron chi connectivity index (χ2n) is 4.46. The Morgan fingerprint density at radius 1 is 1.23 bits per heavy atom. The maximum Gasteiger partial charge on any atom is 0.258 e. The fourth-order valence-electron chi connectivity index (χ4n) is 1.79. The predicted molar refractivity (Wildman–Crippen MR) is 79.2 cm³/mol.